The SMILES string of the molecule is [B]c1ncnc2c1c(-c1ccccc1)nn2CC1=Nc2snc(C)c2C(=C)N1/C(=C/C=C\C)C(=C)C. The Balaban J connectivity index is 1.70. The van der Waals surface area contributed by atoms with Crippen molar-refractivity contribution in [3.8, 4) is 11.3 Å². The van der Waals surface area contributed by atoms with E-state index in [4.69, 9.17) is 17.9 Å². The van der Waals surface area contributed by atoms with Crippen LogP contribution in [0.25, 0.3) is 28.0 Å². The Hall–Kier alpha value is -4.11. The highest BCUT2D eigenvalue weighted by Crippen LogP contribution is 2.41. The van der Waals surface area contributed by atoms with Crippen molar-refractivity contribution < 1.29 is 0 Å². The van der Waals surface area contributed by atoms with E-state index in [1.807, 2.05) is 78.9 Å². The molecule has 176 valence electrons. The van der Waals surface area contributed by atoms with Gasteiger partial charge in [0, 0.05) is 16.9 Å². The molecule has 5 rings (SSSR count). The summed E-state index contributed by atoms with van der Waals surface area (Å²) in [4.78, 5) is 15.8. The Morgan fingerprint density at radius 1 is 1.19 bits per heavy atom. The van der Waals surface area contributed by atoms with Crippen LogP contribution in [0.3, 0.4) is 0 Å². The van der Waals surface area contributed by atoms with Crippen molar-refractivity contribution in [1.29, 1.82) is 0 Å². The highest BCUT2D eigenvalue weighted by Gasteiger charge is 2.31. The molecule has 0 atom stereocenters. The van der Waals surface area contributed by atoms with Gasteiger partial charge in [-0.1, -0.05) is 55.6 Å². The van der Waals surface area contributed by atoms with Crippen molar-refractivity contribution in [2.24, 2.45) is 4.99 Å². The van der Waals surface area contributed by atoms with Gasteiger partial charge < -0.3 is 0 Å². The van der Waals surface area contributed by atoms with E-state index < -0.39 is 0 Å². The van der Waals surface area contributed by atoms with Gasteiger partial charge in [-0.3, -0.25) is 9.88 Å². The van der Waals surface area contributed by atoms with Gasteiger partial charge in [0.1, 0.15) is 37.2 Å². The summed E-state index contributed by atoms with van der Waals surface area (Å²) in [5.74, 6) is 0.732. The maximum Gasteiger partial charge on any atom is 0.161 e. The molecule has 0 bridgehead atoms. The molecule has 4 heterocycles. The van der Waals surface area contributed by atoms with E-state index in [9.17, 15) is 0 Å². The lowest BCUT2D eigenvalue weighted by Gasteiger charge is -2.33. The van der Waals surface area contributed by atoms with Gasteiger partial charge in [0.2, 0.25) is 0 Å². The standard InChI is InChI=1S/C27H24BN7S/c1-6-7-13-20(16(2)3)35-18(5)22-17(4)33-36-27(22)31-21(35)14-34-26-23(25(28)29-15-30-26)24(32-34)19-11-9-8-10-12-19/h6-13,15H,2,5,14H2,1,3-4H3/b7-6-,20-13+. The van der Waals surface area contributed by atoms with Crippen LogP contribution in [0.5, 0.6) is 0 Å². The van der Waals surface area contributed by atoms with Crippen LogP contribution in [0.15, 0.2) is 84.3 Å². The smallest absolute Gasteiger partial charge is 0.161 e. The molecule has 0 N–H and O–H groups in total. The molecular formula is C27H24BN7S. The second-order valence-corrected chi connectivity index (χ2v) is 9.20. The van der Waals surface area contributed by atoms with Crippen LogP contribution in [-0.4, -0.2) is 42.7 Å². The fraction of sp³-hybridized carbons (Fsp3) is 0.148. The zero-order chi connectivity index (χ0) is 25.4. The zero-order valence-corrected chi connectivity index (χ0v) is 21.3. The number of benzene rings is 1. The Bertz CT molecular complexity index is 1590. The van der Waals surface area contributed by atoms with Crippen molar-refractivity contribution in [2.75, 3.05) is 0 Å². The van der Waals surface area contributed by atoms with Crippen LogP contribution in [0, 0.1) is 6.92 Å². The molecule has 0 fully saturated rings. The van der Waals surface area contributed by atoms with Gasteiger partial charge >= 0.3 is 0 Å². The quantitative estimate of drug-likeness (QED) is 0.278. The number of hydrogen-bond donors (Lipinski definition) is 0. The first-order chi connectivity index (χ1) is 17.4. The molecule has 0 saturated heterocycles. The second kappa shape index (κ2) is 9.51. The summed E-state index contributed by atoms with van der Waals surface area (Å²) >= 11 is 1.36. The first-order valence-electron chi connectivity index (χ1n) is 11.4. The summed E-state index contributed by atoms with van der Waals surface area (Å²) in [5, 5.41) is 6.47. The lowest BCUT2D eigenvalue weighted by atomic mass is 9.97. The minimum atomic E-state index is 0.329. The Morgan fingerprint density at radius 3 is 2.69 bits per heavy atom. The van der Waals surface area contributed by atoms with Crippen molar-refractivity contribution in [2.45, 2.75) is 27.3 Å². The Morgan fingerprint density at radius 2 is 1.97 bits per heavy atom. The summed E-state index contributed by atoms with van der Waals surface area (Å²) in [5.41, 5.74) is 7.09. The average Bonchev–Trinajstić information content (AvgIpc) is 3.43. The number of aromatic nitrogens is 5. The molecule has 2 radical (unpaired) electrons. The van der Waals surface area contributed by atoms with Gasteiger partial charge in [0.15, 0.2) is 5.65 Å². The topological polar surface area (TPSA) is 72.1 Å². The van der Waals surface area contributed by atoms with Crippen molar-refractivity contribution in [3.05, 3.63) is 90.6 Å². The van der Waals surface area contributed by atoms with E-state index in [0.29, 0.717) is 23.2 Å². The fourth-order valence-electron chi connectivity index (χ4n) is 4.26. The Kier molecular flexibility index (Phi) is 6.24. The van der Waals surface area contributed by atoms with Crippen molar-refractivity contribution in [3.63, 3.8) is 0 Å². The number of aliphatic imine (C=N–C) groups is 1. The van der Waals surface area contributed by atoms with Gasteiger partial charge in [0.05, 0.1) is 22.3 Å². The number of amidine groups is 1. The van der Waals surface area contributed by atoms with E-state index in [0.717, 1.165) is 50.3 Å². The molecule has 1 aromatic carbocycles. The molecular weight excluding hydrogens is 465 g/mol. The van der Waals surface area contributed by atoms with Crippen LogP contribution < -0.4 is 5.59 Å². The lowest BCUT2D eigenvalue weighted by Crippen LogP contribution is -2.34. The first kappa shape index (κ1) is 23.6. The molecule has 0 spiro atoms. The van der Waals surface area contributed by atoms with Crippen LogP contribution in [-0.2, 0) is 6.54 Å². The van der Waals surface area contributed by atoms with Gasteiger partial charge in [0.25, 0.3) is 0 Å². The van der Waals surface area contributed by atoms with E-state index in [-0.39, 0.29) is 0 Å². The maximum absolute atomic E-state index is 6.30. The summed E-state index contributed by atoms with van der Waals surface area (Å²) in [6, 6.07) is 9.89. The molecule has 3 aromatic heterocycles. The van der Waals surface area contributed by atoms with Crippen molar-refractivity contribution >= 4 is 52.5 Å². The minimum absolute atomic E-state index is 0.329. The molecule has 9 heteroatoms. The predicted molar refractivity (Wildman–Crippen MR) is 149 cm³/mol. The number of hydrogen-bond acceptors (Lipinski definition) is 7. The normalized spacial score (nSPS) is 14.0. The fourth-order valence-corrected chi connectivity index (χ4v) is 5.08. The monoisotopic (exact) mass is 489 g/mol. The second-order valence-electron chi connectivity index (χ2n) is 8.45. The average molecular weight is 489 g/mol. The lowest BCUT2D eigenvalue weighted by molar-refractivity contribution is 0.645. The number of aryl methyl sites for hydroxylation is 1. The van der Waals surface area contributed by atoms with E-state index >= 15 is 0 Å². The van der Waals surface area contributed by atoms with E-state index in [1.165, 1.54) is 17.9 Å². The van der Waals surface area contributed by atoms with Gasteiger partial charge in [-0.2, -0.15) is 9.47 Å². The van der Waals surface area contributed by atoms with Gasteiger partial charge in [-0.05, 0) is 44.0 Å². The minimum Gasteiger partial charge on any atom is -0.296 e. The highest BCUT2D eigenvalue weighted by molar-refractivity contribution is 7.10. The molecule has 0 unspecified atom stereocenters. The third-order valence-corrected chi connectivity index (χ3v) is 6.75. The third-order valence-electron chi connectivity index (χ3n) is 5.91. The highest BCUT2D eigenvalue weighted by atomic mass is 32.1. The van der Waals surface area contributed by atoms with E-state index in [1.54, 1.807) is 0 Å². The molecule has 1 aliphatic rings. The first-order valence-corrected chi connectivity index (χ1v) is 12.2. The molecule has 36 heavy (non-hydrogen) atoms. The van der Waals surface area contributed by atoms with Crippen LogP contribution >= 0.6 is 11.5 Å². The molecule has 0 amide bonds. The predicted octanol–water partition coefficient (Wildman–Crippen LogP) is 5.10. The third kappa shape index (κ3) is 4.01. The van der Waals surface area contributed by atoms with Gasteiger partial charge in [-0.15, -0.1) is 0 Å². The molecule has 7 nitrogen and oxygen atoms in total. The van der Waals surface area contributed by atoms with Crippen LogP contribution in [0.2, 0.25) is 0 Å². The number of rotatable bonds is 6. The maximum atomic E-state index is 6.30. The van der Waals surface area contributed by atoms with Gasteiger partial charge in [-0.25, -0.2) is 14.7 Å². The molecule has 0 aliphatic carbocycles. The summed E-state index contributed by atoms with van der Waals surface area (Å²) in [7, 11) is 6.30. The number of nitrogens with zero attached hydrogens (tertiary/aromatic N) is 7. The van der Waals surface area contributed by atoms with E-state index in [2.05, 4.69) is 27.5 Å². The zero-order valence-electron chi connectivity index (χ0n) is 20.4. The summed E-state index contributed by atoms with van der Waals surface area (Å²) in [6.07, 6.45) is 7.43. The molecule has 4 aromatic rings. The van der Waals surface area contributed by atoms with Crippen LogP contribution in [0.1, 0.15) is 25.1 Å². The largest absolute Gasteiger partial charge is 0.296 e. The summed E-state index contributed by atoms with van der Waals surface area (Å²) in [6.45, 7) is 14.9. The van der Waals surface area contributed by atoms with Crippen LogP contribution in [0.4, 0.5) is 5.00 Å². The summed E-state index contributed by atoms with van der Waals surface area (Å²) < 4.78 is 6.35. The molecule has 0 saturated carbocycles. The number of allylic oxidation sites excluding steroid dienone is 4. The number of fused-ring (bicyclic) bond motifs is 2. The Labute approximate surface area is 215 Å². The molecule has 1 aliphatic heterocycles. The van der Waals surface area contributed by atoms with Crippen molar-refractivity contribution in [1.82, 2.24) is 29.0 Å².